The fraction of sp³-hybridized carbons (Fsp3) is 0.500. The predicted octanol–water partition coefficient (Wildman–Crippen LogP) is 3.51. The molecule has 0 unspecified atom stereocenters. The van der Waals surface area contributed by atoms with Gasteiger partial charge < -0.3 is 26.4 Å². The maximum atomic E-state index is 13.5. The third kappa shape index (κ3) is 12.5. The van der Waals surface area contributed by atoms with Gasteiger partial charge in [-0.1, -0.05) is 26.0 Å². The maximum absolute atomic E-state index is 13.5. The number of sulfone groups is 1. The molecule has 2 aromatic rings. The van der Waals surface area contributed by atoms with E-state index in [0.29, 0.717) is 28.9 Å². The molecule has 0 radical (unpaired) electrons. The summed E-state index contributed by atoms with van der Waals surface area (Å²) in [6.45, 7) is 9.72. The molecule has 38 heavy (non-hydrogen) atoms. The number of unbranched alkanes of at least 4 members (excludes halogenated alkanes) is 1. The van der Waals surface area contributed by atoms with Crippen LogP contribution >= 0.6 is 0 Å². The van der Waals surface area contributed by atoms with Crippen molar-refractivity contribution in [3.05, 3.63) is 47.4 Å². The van der Waals surface area contributed by atoms with Crippen molar-refractivity contribution in [1.29, 1.82) is 0 Å². The van der Waals surface area contributed by atoms with Crippen LogP contribution in [0.4, 0.5) is 10.3 Å². The van der Waals surface area contributed by atoms with Crippen LogP contribution in [-0.2, 0) is 14.6 Å². The first-order chi connectivity index (χ1) is 17.3. The number of anilines is 1. The summed E-state index contributed by atoms with van der Waals surface area (Å²) < 4.78 is 36.6. The summed E-state index contributed by atoms with van der Waals surface area (Å²) in [6.07, 6.45) is 4.77. The summed E-state index contributed by atoms with van der Waals surface area (Å²) in [5, 5.41) is 30.3. The number of nitrogens with two attached hydrogens (primary N) is 1. The minimum atomic E-state index is -3.32. The summed E-state index contributed by atoms with van der Waals surface area (Å²) in [4.78, 5) is 19.7. The second-order valence-electron chi connectivity index (χ2n) is 10.4. The lowest BCUT2D eigenvalue weighted by Gasteiger charge is -2.17. The Morgan fingerprint density at radius 2 is 1.71 bits per heavy atom. The Bertz CT molecular complexity index is 1200. The molecule has 0 fully saturated rings. The molecule has 10 nitrogen and oxygen atoms in total. The van der Waals surface area contributed by atoms with E-state index in [1.165, 1.54) is 12.1 Å². The summed E-state index contributed by atoms with van der Waals surface area (Å²) >= 11 is 0. The molecule has 0 aliphatic rings. The van der Waals surface area contributed by atoms with Crippen LogP contribution in [0.2, 0.25) is 0 Å². The SMILES string of the molecule is CC(C)(C)N.CC(C)c1nc(NCS(C)(=O)=O)nc(-c2ccc(F)cc2)c1C=CCCCC(O)(O)C(=O)O. The molecule has 212 valence electrons. The van der Waals surface area contributed by atoms with E-state index < -0.39 is 27.4 Å². The van der Waals surface area contributed by atoms with E-state index in [4.69, 9.17) is 10.8 Å². The van der Waals surface area contributed by atoms with E-state index in [1.807, 2.05) is 34.6 Å². The molecule has 0 spiro atoms. The largest absolute Gasteiger partial charge is 0.477 e. The normalized spacial score (nSPS) is 12.4. The number of rotatable bonds is 11. The number of carboxylic acid groups (broad SMARTS) is 1. The fourth-order valence-electron chi connectivity index (χ4n) is 2.97. The zero-order valence-corrected chi connectivity index (χ0v) is 23.5. The Balaban J connectivity index is 0.00000132. The first kappa shape index (κ1) is 33.1. The van der Waals surface area contributed by atoms with Crippen LogP contribution in [0.5, 0.6) is 0 Å². The molecular weight excluding hydrogens is 515 g/mol. The van der Waals surface area contributed by atoms with Gasteiger partial charge in [0.2, 0.25) is 5.95 Å². The second kappa shape index (κ2) is 13.7. The number of allylic oxidation sites excluding steroid dienone is 1. The minimum absolute atomic E-state index is 0. The highest BCUT2D eigenvalue weighted by molar-refractivity contribution is 7.90. The van der Waals surface area contributed by atoms with Gasteiger partial charge in [-0.25, -0.2) is 27.6 Å². The summed E-state index contributed by atoms with van der Waals surface area (Å²) in [7, 11) is -3.32. The van der Waals surface area contributed by atoms with Crippen molar-refractivity contribution in [2.24, 2.45) is 5.73 Å². The first-order valence-electron chi connectivity index (χ1n) is 12.0. The lowest BCUT2D eigenvalue weighted by Crippen LogP contribution is -2.37. The summed E-state index contributed by atoms with van der Waals surface area (Å²) in [6, 6.07) is 5.69. The van der Waals surface area contributed by atoms with Gasteiger partial charge in [0.1, 0.15) is 11.7 Å². The van der Waals surface area contributed by atoms with Crippen LogP contribution in [0.15, 0.2) is 30.3 Å². The highest BCUT2D eigenvalue weighted by Crippen LogP contribution is 2.30. The molecule has 0 saturated carbocycles. The number of aliphatic carboxylic acids is 1. The molecule has 1 aromatic heterocycles. The summed E-state index contributed by atoms with van der Waals surface area (Å²) in [5.74, 6) is -5.22. The van der Waals surface area contributed by atoms with Crippen molar-refractivity contribution in [3.8, 4) is 11.3 Å². The molecule has 6 N–H and O–H groups in total. The van der Waals surface area contributed by atoms with Crippen molar-refractivity contribution >= 4 is 27.8 Å². The molecule has 0 bridgehead atoms. The number of hydrogen-bond donors (Lipinski definition) is 5. The van der Waals surface area contributed by atoms with Gasteiger partial charge in [0.25, 0.3) is 5.79 Å². The third-order valence-corrected chi connectivity index (χ3v) is 5.32. The highest BCUT2D eigenvalue weighted by Gasteiger charge is 2.31. The van der Waals surface area contributed by atoms with Gasteiger partial charge in [0.15, 0.2) is 9.84 Å². The number of nitrogens with one attached hydrogen (secondary N) is 1. The Morgan fingerprint density at radius 1 is 1.16 bits per heavy atom. The highest BCUT2D eigenvalue weighted by atomic mass is 32.2. The average Bonchev–Trinajstić information content (AvgIpc) is 2.76. The van der Waals surface area contributed by atoms with Crippen molar-refractivity contribution in [3.63, 3.8) is 0 Å². The van der Waals surface area contributed by atoms with Crippen LogP contribution in [0.1, 0.15) is 71.1 Å². The van der Waals surface area contributed by atoms with E-state index in [9.17, 15) is 27.8 Å². The summed E-state index contributed by atoms with van der Waals surface area (Å²) in [5.41, 5.74) is 7.68. The lowest BCUT2D eigenvalue weighted by molar-refractivity contribution is -0.205. The molecule has 0 amide bonds. The van der Waals surface area contributed by atoms with Crippen molar-refractivity contribution < 1.29 is 32.9 Å². The monoisotopic (exact) mass is 554 g/mol. The first-order valence-corrected chi connectivity index (χ1v) is 14.1. The van der Waals surface area contributed by atoms with Gasteiger partial charge in [0, 0.05) is 29.3 Å². The molecule has 1 heterocycles. The van der Waals surface area contributed by atoms with E-state index in [-0.39, 0.29) is 36.1 Å². The van der Waals surface area contributed by atoms with Gasteiger partial charge in [-0.15, -0.1) is 0 Å². The Kier molecular flexibility index (Phi) is 12.0. The fourth-order valence-corrected chi connectivity index (χ4v) is 3.36. The van der Waals surface area contributed by atoms with E-state index in [1.54, 1.807) is 24.3 Å². The van der Waals surface area contributed by atoms with Gasteiger partial charge in [-0.3, -0.25) is 0 Å². The molecule has 0 atom stereocenters. The van der Waals surface area contributed by atoms with Crippen LogP contribution in [0.25, 0.3) is 17.3 Å². The number of nitrogens with zero attached hydrogens (tertiary/aromatic N) is 2. The Labute approximate surface area is 223 Å². The van der Waals surface area contributed by atoms with Crippen molar-refractivity contribution in [2.75, 3.05) is 17.4 Å². The van der Waals surface area contributed by atoms with Crippen LogP contribution in [-0.4, -0.2) is 63.1 Å². The van der Waals surface area contributed by atoms with Crippen molar-refractivity contribution in [1.82, 2.24) is 9.97 Å². The number of aromatic nitrogens is 2. The number of aliphatic hydroxyl groups is 2. The predicted molar refractivity (Wildman–Crippen MR) is 146 cm³/mol. The number of carboxylic acids is 1. The van der Waals surface area contributed by atoms with Crippen LogP contribution < -0.4 is 11.1 Å². The lowest BCUT2D eigenvalue weighted by atomic mass is 9.97. The number of halogens is 1. The third-order valence-electron chi connectivity index (χ3n) is 4.66. The Hall–Kier alpha value is -2.93. The molecular formula is C26H39FN4O6S. The minimum Gasteiger partial charge on any atom is -0.477 e. The van der Waals surface area contributed by atoms with E-state index in [2.05, 4.69) is 15.3 Å². The number of benzene rings is 1. The molecule has 0 aliphatic heterocycles. The van der Waals surface area contributed by atoms with Gasteiger partial charge in [0.05, 0.1) is 11.4 Å². The molecule has 12 heteroatoms. The van der Waals surface area contributed by atoms with Crippen LogP contribution in [0.3, 0.4) is 0 Å². The number of hydrogen-bond acceptors (Lipinski definition) is 9. The molecule has 0 aliphatic carbocycles. The van der Waals surface area contributed by atoms with E-state index in [0.717, 1.165) is 6.26 Å². The van der Waals surface area contributed by atoms with E-state index >= 15 is 0 Å². The quantitative estimate of drug-likeness (QED) is 0.204. The second-order valence-corrected chi connectivity index (χ2v) is 12.5. The molecule has 0 saturated heterocycles. The zero-order chi connectivity index (χ0) is 29.3. The molecule has 2 rings (SSSR count). The van der Waals surface area contributed by atoms with Gasteiger partial charge in [-0.2, -0.15) is 0 Å². The maximum Gasteiger partial charge on any atom is 0.364 e. The topological polar surface area (TPSA) is 176 Å². The Morgan fingerprint density at radius 3 is 2.18 bits per heavy atom. The number of carbonyl (C=O) groups is 1. The van der Waals surface area contributed by atoms with Gasteiger partial charge in [-0.05, 0) is 63.8 Å². The smallest absolute Gasteiger partial charge is 0.364 e. The standard InChI is InChI=1S/C22H28FN3O6S.C4H11N/c1-14(2)18-17(7-5-4-6-12-22(29,30)20(27)28)19(15-8-10-16(23)11-9-15)26-21(25-18)24-13-33(3,31)32;1-4(2,3)5/h5,7-11,14,29-30H,4,6,12-13H2,1-3H3,(H,27,28)(H,24,25,26);5H2,1-3H3. The van der Waals surface area contributed by atoms with Gasteiger partial charge >= 0.3 is 5.97 Å². The van der Waals surface area contributed by atoms with Crippen LogP contribution in [0, 0.1) is 5.82 Å². The van der Waals surface area contributed by atoms with Crippen molar-refractivity contribution in [2.45, 2.75) is 71.1 Å². The molecule has 1 aromatic carbocycles. The zero-order valence-electron chi connectivity index (χ0n) is 22.7. The average molecular weight is 555 g/mol.